The van der Waals surface area contributed by atoms with Crippen molar-refractivity contribution in [2.75, 3.05) is 18.2 Å². The van der Waals surface area contributed by atoms with Crippen molar-refractivity contribution < 1.29 is 4.33 Å². The van der Waals surface area contributed by atoms with Crippen molar-refractivity contribution in [2.24, 2.45) is 0 Å². The predicted molar refractivity (Wildman–Crippen MR) is 107 cm³/mol. The summed E-state index contributed by atoms with van der Waals surface area (Å²) in [5.74, 6) is 0. The smallest absolute Gasteiger partial charge is 0.0751 e. The van der Waals surface area contributed by atoms with Crippen LogP contribution in [-0.4, -0.2) is 16.8 Å². The molecule has 25 heavy (non-hydrogen) atoms. The first-order chi connectivity index (χ1) is 11.9. The molecule has 0 radical (unpaired) electrons. The molecule has 0 atom stereocenters. The number of nitrogens with zero attached hydrogens (tertiary/aromatic N) is 1. The minimum Gasteiger partial charge on any atom is -0.398 e. The Morgan fingerprint density at radius 3 is 2.32 bits per heavy atom. The van der Waals surface area contributed by atoms with Crippen molar-refractivity contribution >= 4 is 21.5 Å². The van der Waals surface area contributed by atoms with Crippen LogP contribution >= 0.6 is 10.2 Å². The van der Waals surface area contributed by atoms with Gasteiger partial charge in [0.05, 0.1) is 9.22 Å². The van der Waals surface area contributed by atoms with E-state index >= 15 is 0 Å². The average Bonchev–Trinajstić information content (AvgIpc) is 2.63. The lowest BCUT2D eigenvalue weighted by Crippen LogP contribution is -2.07. The summed E-state index contributed by atoms with van der Waals surface area (Å²) < 4.78 is -0.168. The second kappa shape index (κ2) is 6.92. The normalized spacial score (nSPS) is 15.5. The molecule has 0 unspecified atom stereocenters. The molecule has 0 saturated carbocycles. The van der Waals surface area contributed by atoms with Crippen LogP contribution in [0.1, 0.15) is 31.2 Å². The van der Waals surface area contributed by atoms with E-state index in [0.29, 0.717) is 0 Å². The fraction of sp³-hybridized carbons (Fsp3) is 0.300. The van der Waals surface area contributed by atoms with Gasteiger partial charge in [0, 0.05) is 34.0 Å². The van der Waals surface area contributed by atoms with Crippen molar-refractivity contribution in [2.45, 2.75) is 30.6 Å². The molecular weight excluding hydrogens is 332 g/mol. The van der Waals surface area contributed by atoms with Crippen molar-refractivity contribution in [1.82, 2.24) is 0 Å². The maximum atomic E-state index is 11.3. The van der Waals surface area contributed by atoms with Crippen LogP contribution in [0.15, 0.2) is 53.4 Å². The van der Waals surface area contributed by atoms with Crippen LogP contribution < -0.4 is 5.73 Å². The monoisotopic (exact) mass is 356 g/mol. The first-order valence-corrected chi connectivity index (χ1v) is 10.9. The Balaban J connectivity index is 1.95. The van der Waals surface area contributed by atoms with Gasteiger partial charge >= 0.3 is 0 Å². The van der Waals surface area contributed by atoms with Gasteiger partial charge in [-0.15, -0.1) is 0 Å². The molecule has 0 aromatic heterocycles. The van der Waals surface area contributed by atoms with Gasteiger partial charge in [0.15, 0.2) is 0 Å². The maximum Gasteiger partial charge on any atom is 0.0751 e. The van der Waals surface area contributed by atoms with Crippen LogP contribution in [0.25, 0.3) is 16.7 Å². The fourth-order valence-electron chi connectivity index (χ4n) is 3.16. The van der Waals surface area contributed by atoms with Crippen molar-refractivity contribution in [1.29, 1.82) is 0 Å². The van der Waals surface area contributed by atoms with Gasteiger partial charge in [-0.05, 0) is 66.6 Å². The Morgan fingerprint density at radius 1 is 1.04 bits per heavy atom. The number of benzene rings is 2. The second-order valence-electron chi connectivity index (χ2n) is 6.80. The number of hydrogen-bond acceptors (Lipinski definition) is 3. The number of anilines is 1. The molecule has 5 heteroatoms. The quantitative estimate of drug-likeness (QED) is 0.446. The Kier molecular flexibility index (Phi) is 4.86. The van der Waals surface area contributed by atoms with E-state index < -0.39 is 10.2 Å². The molecule has 0 aliphatic heterocycles. The number of nitrogens with two attached hydrogens (primary N) is 1. The average molecular weight is 356 g/mol. The fourth-order valence-corrected chi connectivity index (χ4v) is 4.14. The second-order valence-corrected chi connectivity index (χ2v) is 10.1. The molecule has 2 aromatic carbocycles. The third-order valence-corrected chi connectivity index (χ3v) is 7.00. The number of nitrogen functional groups attached to an aromatic ring is 1. The third kappa shape index (κ3) is 3.56. The van der Waals surface area contributed by atoms with Crippen LogP contribution in [0.4, 0.5) is 5.69 Å². The molecule has 0 amide bonds. The van der Waals surface area contributed by atoms with Crippen molar-refractivity contribution in [3.8, 4) is 11.1 Å². The van der Waals surface area contributed by atoms with Gasteiger partial charge in [-0.3, -0.25) is 10.1 Å². The van der Waals surface area contributed by atoms with E-state index in [1.807, 2.05) is 36.4 Å². The van der Waals surface area contributed by atoms with Crippen LogP contribution in [0.3, 0.4) is 0 Å². The van der Waals surface area contributed by atoms with Crippen LogP contribution in [0, 0.1) is 10.1 Å². The van der Waals surface area contributed by atoms with Crippen molar-refractivity contribution in [3.05, 3.63) is 64.2 Å². The highest BCUT2D eigenvalue weighted by molar-refractivity contribution is 8.27. The molecule has 1 aliphatic rings. The highest BCUT2D eigenvalue weighted by Gasteiger charge is 2.26. The highest BCUT2D eigenvalue weighted by atomic mass is 32.3. The summed E-state index contributed by atoms with van der Waals surface area (Å²) in [6, 6.07) is 13.8. The van der Waals surface area contributed by atoms with Crippen LogP contribution in [-0.2, 0) is 0 Å². The zero-order valence-electron chi connectivity index (χ0n) is 14.7. The molecule has 0 saturated heterocycles. The molecule has 0 heterocycles. The lowest BCUT2D eigenvalue weighted by molar-refractivity contribution is -0.295. The Labute approximate surface area is 150 Å². The number of rotatable bonds is 4. The number of allylic oxidation sites excluding steroid dienone is 2. The predicted octanol–water partition coefficient (Wildman–Crippen LogP) is 5.51. The van der Waals surface area contributed by atoms with Gasteiger partial charge in [0.25, 0.3) is 0 Å². The summed E-state index contributed by atoms with van der Waals surface area (Å²) in [7, 11) is -2.01. The van der Waals surface area contributed by atoms with Crippen LogP contribution in [0.2, 0.25) is 0 Å². The largest absolute Gasteiger partial charge is 0.398 e. The summed E-state index contributed by atoms with van der Waals surface area (Å²) in [4.78, 5) is 12.0. The van der Waals surface area contributed by atoms with E-state index in [9.17, 15) is 10.1 Å². The van der Waals surface area contributed by atoms with Gasteiger partial charge in [-0.1, -0.05) is 24.3 Å². The standard InChI is InChI=1S/C20H24N2O2S/c1-25(2,22(23)24)18-11-8-15(9-12-18)17-10-13-20(21)19(14-17)16-6-4-3-5-7-16/h6,8-14H,3-5,7,21H2,1-2H3. The first kappa shape index (κ1) is 17.5. The van der Waals surface area contributed by atoms with Gasteiger partial charge in [-0.25, -0.2) is 0 Å². The first-order valence-electron chi connectivity index (χ1n) is 8.47. The van der Waals surface area contributed by atoms with E-state index in [2.05, 4.69) is 12.1 Å². The number of hydrogen-bond donors (Lipinski definition) is 1. The zero-order chi connectivity index (χ0) is 18.0. The van der Waals surface area contributed by atoms with Gasteiger partial charge in [0.1, 0.15) is 0 Å². The van der Waals surface area contributed by atoms with Crippen LogP contribution in [0.5, 0.6) is 0 Å². The van der Waals surface area contributed by atoms with E-state index in [4.69, 9.17) is 5.73 Å². The van der Waals surface area contributed by atoms with E-state index in [-0.39, 0.29) is 4.33 Å². The van der Waals surface area contributed by atoms with E-state index in [1.165, 1.54) is 18.4 Å². The summed E-state index contributed by atoms with van der Waals surface area (Å²) in [5.41, 5.74) is 11.6. The van der Waals surface area contributed by atoms with Crippen molar-refractivity contribution in [3.63, 3.8) is 0 Å². The zero-order valence-corrected chi connectivity index (χ0v) is 15.5. The third-order valence-electron chi connectivity index (χ3n) is 4.83. The molecule has 1 aliphatic carbocycles. The summed E-state index contributed by atoms with van der Waals surface area (Å²) in [5, 5.41) is 11.3. The molecule has 132 valence electrons. The summed E-state index contributed by atoms with van der Waals surface area (Å²) in [6.07, 6.45) is 10.4. The highest BCUT2D eigenvalue weighted by Crippen LogP contribution is 2.49. The van der Waals surface area contributed by atoms with Gasteiger partial charge in [0.2, 0.25) is 0 Å². The summed E-state index contributed by atoms with van der Waals surface area (Å²) in [6.45, 7) is 0. The molecule has 3 rings (SSSR count). The van der Waals surface area contributed by atoms with E-state index in [1.54, 1.807) is 12.5 Å². The minimum absolute atomic E-state index is 0.168. The molecule has 4 nitrogen and oxygen atoms in total. The Morgan fingerprint density at radius 2 is 1.72 bits per heavy atom. The topological polar surface area (TPSA) is 69.2 Å². The summed E-state index contributed by atoms with van der Waals surface area (Å²) >= 11 is 0. The number of nitro groups is 1. The maximum absolute atomic E-state index is 11.3. The minimum atomic E-state index is -2.01. The Bertz CT molecular complexity index is 826. The van der Waals surface area contributed by atoms with Gasteiger partial charge < -0.3 is 5.73 Å². The lowest BCUT2D eigenvalue weighted by Gasteiger charge is -2.21. The molecule has 0 spiro atoms. The molecule has 2 aromatic rings. The SMILES string of the molecule is CS(C)(c1ccc(-c2ccc(N)c(C3=CCCCC3)c2)cc1)[N+](=O)[O-]. The molecule has 0 bridgehead atoms. The molecule has 2 N–H and O–H groups in total. The lowest BCUT2D eigenvalue weighted by atomic mass is 9.90. The molecule has 0 fully saturated rings. The molecular formula is C20H24N2O2S. The van der Waals surface area contributed by atoms with Gasteiger partial charge in [-0.2, -0.15) is 0 Å². The van der Waals surface area contributed by atoms with E-state index in [0.717, 1.165) is 40.1 Å². The Hall–Kier alpha value is -2.27.